The normalized spacial score (nSPS) is 16.6. The lowest BCUT2D eigenvalue weighted by molar-refractivity contribution is -0.129. The first-order valence-corrected chi connectivity index (χ1v) is 6.87. The molecule has 0 aliphatic carbocycles. The van der Waals surface area contributed by atoms with Gasteiger partial charge in [-0.15, -0.1) is 0 Å². The van der Waals surface area contributed by atoms with E-state index in [1.165, 1.54) is 0 Å². The highest BCUT2D eigenvalue weighted by Gasteiger charge is 2.25. The van der Waals surface area contributed by atoms with Crippen LogP contribution < -0.4 is 10.2 Å². The zero-order valence-corrected chi connectivity index (χ0v) is 12.9. The molecule has 1 N–H and O–H groups in total. The molecule has 0 atom stereocenters. The Morgan fingerprint density at radius 3 is 2.50 bits per heavy atom. The Kier molecular flexibility index (Phi) is 3.83. The molecule has 0 saturated carbocycles. The molecule has 1 amide bonds. The average Bonchev–Trinajstić information content (AvgIpc) is 2.40. The fourth-order valence-corrected chi connectivity index (χ4v) is 2.01. The summed E-state index contributed by atoms with van der Waals surface area (Å²) < 4.78 is 0. The topological polar surface area (TPSA) is 61.4 Å². The number of aromatic nitrogens is 2. The molecular weight excluding hydrogens is 254 g/mol. The summed E-state index contributed by atoms with van der Waals surface area (Å²) in [5.74, 6) is 2.51. The molecule has 2 heterocycles. The molecule has 1 aromatic rings. The van der Waals surface area contributed by atoms with Crippen LogP contribution in [0, 0.1) is 0 Å². The van der Waals surface area contributed by atoms with Crippen LogP contribution in [0.3, 0.4) is 0 Å². The third-order valence-electron chi connectivity index (χ3n) is 3.42. The molecule has 1 aliphatic rings. The van der Waals surface area contributed by atoms with Crippen molar-refractivity contribution in [3.05, 3.63) is 11.9 Å². The van der Waals surface area contributed by atoms with Crippen molar-refractivity contribution >= 4 is 17.5 Å². The summed E-state index contributed by atoms with van der Waals surface area (Å²) in [5, 5.41) is 3.07. The Morgan fingerprint density at radius 2 is 1.95 bits per heavy atom. The Bertz CT molecular complexity index is 509. The first-order valence-electron chi connectivity index (χ1n) is 6.87. The highest BCUT2D eigenvalue weighted by Crippen LogP contribution is 2.24. The maximum absolute atomic E-state index is 11.8. The van der Waals surface area contributed by atoms with Crippen molar-refractivity contribution in [2.24, 2.45) is 0 Å². The maximum atomic E-state index is 11.8. The van der Waals surface area contributed by atoms with Crippen LogP contribution in [0.4, 0.5) is 11.6 Å². The van der Waals surface area contributed by atoms with Crippen LogP contribution in [-0.4, -0.2) is 54.5 Å². The van der Waals surface area contributed by atoms with Crippen molar-refractivity contribution in [1.29, 1.82) is 0 Å². The van der Waals surface area contributed by atoms with Crippen LogP contribution >= 0.6 is 0 Å². The molecule has 1 fully saturated rings. The van der Waals surface area contributed by atoms with Gasteiger partial charge in [-0.3, -0.25) is 4.79 Å². The van der Waals surface area contributed by atoms with Crippen LogP contribution in [0.2, 0.25) is 0 Å². The van der Waals surface area contributed by atoms with Crippen LogP contribution in [-0.2, 0) is 10.2 Å². The van der Waals surface area contributed by atoms with E-state index in [1.54, 1.807) is 4.90 Å². The molecule has 0 aromatic carbocycles. The third kappa shape index (κ3) is 3.00. The number of nitrogens with zero attached hydrogens (tertiary/aromatic N) is 4. The highest BCUT2D eigenvalue weighted by molar-refractivity contribution is 5.82. The number of amides is 1. The fourth-order valence-electron chi connectivity index (χ4n) is 2.01. The van der Waals surface area contributed by atoms with Crippen molar-refractivity contribution in [3.63, 3.8) is 0 Å². The number of carbonyl (C=O) groups excluding carboxylic acids is 1. The molecule has 0 bridgehead atoms. The Hall–Kier alpha value is -1.85. The Labute approximate surface area is 120 Å². The lowest BCUT2D eigenvalue weighted by Gasteiger charge is -2.33. The van der Waals surface area contributed by atoms with Crippen molar-refractivity contribution in [3.8, 4) is 0 Å². The van der Waals surface area contributed by atoms with Crippen LogP contribution in [0.15, 0.2) is 6.07 Å². The Morgan fingerprint density at radius 1 is 1.25 bits per heavy atom. The van der Waals surface area contributed by atoms with E-state index in [2.05, 4.69) is 36.1 Å². The third-order valence-corrected chi connectivity index (χ3v) is 3.42. The van der Waals surface area contributed by atoms with E-state index in [0.29, 0.717) is 6.54 Å². The second-order valence-corrected chi connectivity index (χ2v) is 6.17. The summed E-state index contributed by atoms with van der Waals surface area (Å²) in [7, 11) is 3.67. The van der Waals surface area contributed by atoms with Gasteiger partial charge in [0, 0.05) is 38.7 Å². The summed E-state index contributed by atoms with van der Waals surface area (Å²) >= 11 is 0. The lowest BCUT2D eigenvalue weighted by atomic mass is 9.96. The number of piperazine rings is 1. The number of likely N-dealkylation sites (N-methyl/N-ethyl adjacent to an activating group) is 1. The Balaban J connectivity index is 2.34. The number of carbonyl (C=O) groups is 1. The minimum absolute atomic E-state index is 0.123. The van der Waals surface area contributed by atoms with Crippen LogP contribution in [0.5, 0.6) is 0 Å². The minimum Gasteiger partial charge on any atom is -0.373 e. The maximum Gasteiger partial charge on any atom is 0.241 e. The predicted octanol–water partition coefficient (Wildman–Crippen LogP) is 1.09. The molecule has 6 nitrogen and oxygen atoms in total. The SMILES string of the molecule is CNc1cc(N2CCN(C)C(=O)C2)nc(C(C)(C)C)n1. The van der Waals surface area contributed by atoms with Crippen LogP contribution in [0.1, 0.15) is 26.6 Å². The summed E-state index contributed by atoms with van der Waals surface area (Å²) in [5.41, 5.74) is -0.127. The fraction of sp³-hybridized carbons (Fsp3) is 0.643. The van der Waals surface area contributed by atoms with E-state index in [0.717, 1.165) is 30.5 Å². The summed E-state index contributed by atoms with van der Waals surface area (Å²) in [4.78, 5) is 24.8. The molecule has 1 saturated heterocycles. The smallest absolute Gasteiger partial charge is 0.241 e. The van der Waals surface area contributed by atoms with Gasteiger partial charge < -0.3 is 15.1 Å². The van der Waals surface area contributed by atoms with Gasteiger partial charge in [-0.1, -0.05) is 20.8 Å². The molecule has 6 heteroatoms. The summed E-state index contributed by atoms with van der Waals surface area (Å²) in [6, 6.07) is 1.90. The molecule has 0 spiro atoms. The molecular formula is C14H23N5O. The van der Waals surface area contributed by atoms with Gasteiger partial charge >= 0.3 is 0 Å². The van der Waals surface area contributed by atoms with Gasteiger partial charge in [0.15, 0.2) is 0 Å². The molecule has 20 heavy (non-hydrogen) atoms. The number of rotatable bonds is 2. The van der Waals surface area contributed by atoms with Crippen molar-refractivity contribution in [2.75, 3.05) is 43.9 Å². The molecule has 0 unspecified atom stereocenters. The molecule has 0 radical (unpaired) electrons. The van der Waals surface area contributed by atoms with Crippen molar-refractivity contribution < 1.29 is 4.79 Å². The summed E-state index contributed by atoms with van der Waals surface area (Å²) in [6.45, 7) is 8.15. The predicted molar refractivity (Wildman–Crippen MR) is 80.1 cm³/mol. The number of hydrogen-bond acceptors (Lipinski definition) is 5. The van der Waals surface area contributed by atoms with Gasteiger partial charge in [0.1, 0.15) is 17.5 Å². The van der Waals surface area contributed by atoms with Crippen molar-refractivity contribution in [1.82, 2.24) is 14.9 Å². The van der Waals surface area contributed by atoms with Gasteiger partial charge in [0.25, 0.3) is 0 Å². The minimum atomic E-state index is -0.127. The zero-order chi connectivity index (χ0) is 14.9. The second-order valence-electron chi connectivity index (χ2n) is 6.17. The lowest BCUT2D eigenvalue weighted by Crippen LogP contribution is -2.49. The highest BCUT2D eigenvalue weighted by atomic mass is 16.2. The molecule has 2 rings (SSSR count). The van der Waals surface area contributed by atoms with Gasteiger partial charge in [-0.05, 0) is 0 Å². The quantitative estimate of drug-likeness (QED) is 0.877. The second kappa shape index (κ2) is 5.26. The van der Waals surface area contributed by atoms with Gasteiger partial charge in [-0.25, -0.2) is 9.97 Å². The first-order chi connectivity index (χ1) is 9.31. The van der Waals surface area contributed by atoms with E-state index < -0.39 is 0 Å². The zero-order valence-electron chi connectivity index (χ0n) is 12.9. The van der Waals surface area contributed by atoms with E-state index in [-0.39, 0.29) is 11.3 Å². The van der Waals surface area contributed by atoms with Crippen molar-refractivity contribution in [2.45, 2.75) is 26.2 Å². The van der Waals surface area contributed by atoms with E-state index in [4.69, 9.17) is 0 Å². The van der Waals surface area contributed by atoms with E-state index >= 15 is 0 Å². The monoisotopic (exact) mass is 277 g/mol. The number of anilines is 2. The first kappa shape index (κ1) is 14.6. The van der Waals surface area contributed by atoms with Crippen LogP contribution in [0.25, 0.3) is 0 Å². The molecule has 1 aliphatic heterocycles. The van der Waals surface area contributed by atoms with Gasteiger partial charge in [0.2, 0.25) is 5.91 Å². The van der Waals surface area contributed by atoms with Gasteiger partial charge in [0.05, 0.1) is 6.54 Å². The largest absolute Gasteiger partial charge is 0.373 e. The number of hydrogen-bond donors (Lipinski definition) is 1. The molecule has 110 valence electrons. The van der Waals surface area contributed by atoms with Gasteiger partial charge in [-0.2, -0.15) is 0 Å². The average molecular weight is 277 g/mol. The summed E-state index contributed by atoms with van der Waals surface area (Å²) in [6.07, 6.45) is 0. The number of nitrogens with one attached hydrogen (secondary N) is 1. The van der Waals surface area contributed by atoms with E-state index in [9.17, 15) is 4.79 Å². The van der Waals surface area contributed by atoms with E-state index in [1.807, 2.05) is 25.1 Å². The molecule has 1 aromatic heterocycles. The standard InChI is InChI=1S/C14H23N5O/c1-14(2,3)13-16-10(15-4)8-11(17-13)19-7-6-18(5)12(20)9-19/h8H,6-7,9H2,1-5H3,(H,15,16,17).